The molecule has 9 heteroatoms. The van der Waals surface area contributed by atoms with E-state index in [2.05, 4.69) is 4.98 Å². The molecule has 6 nitrogen and oxygen atoms in total. The van der Waals surface area contributed by atoms with Gasteiger partial charge in [0.25, 0.3) is 5.91 Å². The summed E-state index contributed by atoms with van der Waals surface area (Å²) in [6, 6.07) is 14.7. The van der Waals surface area contributed by atoms with Crippen LogP contribution >= 0.6 is 11.8 Å². The highest BCUT2D eigenvalue weighted by atomic mass is 32.2. The smallest absolute Gasteiger partial charge is 0.257 e. The molecule has 0 aliphatic carbocycles. The van der Waals surface area contributed by atoms with Gasteiger partial charge in [-0.25, -0.2) is 13.8 Å². The summed E-state index contributed by atoms with van der Waals surface area (Å²) in [7, 11) is 3.32. The molecule has 2 aromatic carbocycles. The Hall–Kier alpha value is -3.30. The van der Waals surface area contributed by atoms with Gasteiger partial charge in [-0.2, -0.15) is 5.10 Å². The molecule has 2 heterocycles. The molecule has 1 aliphatic heterocycles. The molecule has 1 aliphatic rings. The zero-order valence-electron chi connectivity index (χ0n) is 18.9. The van der Waals surface area contributed by atoms with Gasteiger partial charge in [0.1, 0.15) is 21.5 Å². The average molecular weight is 482 g/mol. The molecule has 0 saturated heterocycles. The Kier molecular flexibility index (Phi) is 6.95. The maximum Gasteiger partial charge on any atom is 0.257 e. The first-order valence-electron chi connectivity index (χ1n) is 10.8. The van der Waals surface area contributed by atoms with Gasteiger partial charge in [0, 0.05) is 32.1 Å². The van der Waals surface area contributed by atoms with Crippen LogP contribution in [-0.4, -0.2) is 41.5 Å². The minimum absolute atomic E-state index is 0.0649. The van der Waals surface area contributed by atoms with Gasteiger partial charge in [0.2, 0.25) is 0 Å². The van der Waals surface area contributed by atoms with Crippen LogP contribution in [-0.2, 0) is 4.87 Å². The van der Waals surface area contributed by atoms with Crippen molar-refractivity contribution in [2.45, 2.75) is 17.7 Å². The Labute approximate surface area is 201 Å². The van der Waals surface area contributed by atoms with Gasteiger partial charge >= 0.3 is 0 Å². The number of pyridine rings is 1. The molecule has 34 heavy (non-hydrogen) atoms. The maximum atomic E-state index is 14.8. The Bertz CT molecular complexity index is 1220. The number of halogens is 2. The molecule has 0 fully saturated rings. The second kappa shape index (κ2) is 9.90. The van der Waals surface area contributed by atoms with E-state index in [1.54, 1.807) is 31.4 Å². The number of carbonyl (C=O) groups excluding carboxylic acids is 1. The summed E-state index contributed by atoms with van der Waals surface area (Å²) in [5, 5.41) is 6.84. The third-order valence-corrected chi connectivity index (χ3v) is 7.01. The topological polar surface area (TPSA) is 74.8 Å². The minimum Gasteiger partial charge on any atom is -0.345 e. The normalized spacial score (nSPS) is 17.6. The fourth-order valence-corrected chi connectivity index (χ4v) is 5.35. The molecule has 1 atom stereocenters. The molecular formula is C25H25F2N5OS. The standard InChI is InChI=1S/C25H25F2N5OS/c1-31(2)24(33)20-16-29-14-11-22(20)32-25(12-6-13-28,17-7-4-3-5-8-17)34-23(30-32)19-15-18(26)9-10-21(19)27/h3-5,7-11,14-16H,6,12-13,28H2,1-2H3. The Morgan fingerprint density at radius 2 is 1.91 bits per heavy atom. The van der Waals surface area contributed by atoms with E-state index in [0.717, 1.165) is 23.8 Å². The number of amides is 1. The van der Waals surface area contributed by atoms with Crippen LogP contribution in [0.25, 0.3) is 0 Å². The Balaban J connectivity index is 1.96. The Morgan fingerprint density at radius 1 is 1.15 bits per heavy atom. The third kappa shape index (κ3) is 4.41. The molecule has 1 unspecified atom stereocenters. The van der Waals surface area contributed by atoms with Gasteiger partial charge in [0.05, 0.1) is 11.3 Å². The summed E-state index contributed by atoms with van der Waals surface area (Å²) >= 11 is 1.33. The SMILES string of the molecule is CN(C)C(=O)c1cnccc1N1N=C(c2cc(F)ccc2F)SC1(CCCN)c1ccccc1. The summed E-state index contributed by atoms with van der Waals surface area (Å²) in [6.07, 6.45) is 4.29. The molecule has 1 amide bonds. The number of anilines is 1. The number of nitrogens with two attached hydrogens (primary N) is 1. The predicted molar refractivity (Wildman–Crippen MR) is 132 cm³/mol. The molecule has 4 rings (SSSR count). The maximum absolute atomic E-state index is 14.8. The van der Waals surface area contributed by atoms with Crippen molar-refractivity contribution >= 4 is 28.4 Å². The average Bonchev–Trinajstić information content (AvgIpc) is 3.24. The quantitative estimate of drug-likeness (QED) is 0.535. The van der Waals surface area contributed by atoms with Crippen molar-refractivity contribution in [1.29, 1.82) is 0 Å². The van der Waals surface area contributed by atoms with Gasteiger partial charge in [0.15, 0.2) is 0 Å². The number of hydrogen-bond acceptors (Lipinski definition) is 6. The van der Waals surface area contributed by atoms with Gasteiger partial charge in [-0.05, 0) is 49.2 Å². The first-order chi connectivity index (χ1) is 16.4. The number of thioether (sulfide) groups is 1. The highest BCUT2D eigenvalue weighted by molar-refractivity contribution is 8.15. The van der Waals surface area contributed by atoms with Crippen molar-refractivity contribution in [3.63, 3.8) is 0 Å². The number of hydrogen-bond donors (Lipinski definition) is 1. The largest absolute Gasteiger partial charge is 0.345 e. The molecule has 1 aromatic heterocycles. The van der Waals surface area contributed by atoms with E-state index in [-0.39, 0.29) is 11.5 Å². The van der Waals surface area contributed by atoms with Crippen molar-refractivity contribution in [3.8, 4) is 0 Å². The first-order valence-corrected chi connectivity index (χ1v) is 11.6. The summed E-state index contributed by atoms with van der Waals surface area (Å²) < 4.78 is 28.9. The second-order valence-electron chi connectivity index (χ2n) is 8.08. The highest BCUT2D eigenvalue weighted by Crippen LogP contribution is 2.52. The lowest BCUT2D eigenvalue weighted by atomic mass is 9.99. The summed E-state index contributed by atoms with van der Waals surface area (Å²) in [5.41, 5.74) is 7.74. The van der Waals surface area contributed by atoms with Crippen molar-refractivity contribution in [2.24, 2.45) is 10.8 Å². The van der Waals surface area contributed by atoms with Crippen LogP contribution in [0.15, 0.2) is 72.1 Å². The molecule has 0 bridgehead atoms. The van der Waals surface area contributed by atoms with Gasteiger partial charge in [-0.15, -0.1) is 0 Å². The molecule has 3 aromatic rings. The monoisotopic (exact) mass is 481 g/mol. The number of benzene rings is 2. The van der Waals surface area contributed by atoms with Crippen LogP contribution in [0.3, 0.4) is 0 Å². The van der Waals surface area contributed by atoms with Crippen LogP contribution in [0, 0.1) is 11.6 Å². The fraction of sp³-hybridized carbons (Fsp3) is 0.240. The summed E-state index contributed by atoms with van der Waals surface area (Å²) in [6.45, 7) is 0.437. The van der Waals surface area contributed by atoms with Crippen molar-refractivity contribution < 1.29 is 13.6 Å². The van der Waals surface area contributed by atoms with E-state index >= 15 is 0 Å². The minimum atomic E-state index is -0.836. The number of carbonyl (C=O) groups is 1. The number of rotatable bonds is 7. The summed E-state index contributed by atoms with van der Waals surface area (Å²) in [5.74, 6) is -1.37. The zero-order chi connectivity index (χ0) is 24.3. The molecule has 0 saturated carbocycles. The van der Waals surface area contributed by atoms with Crippen molar-refractivity contribution in [2.75, 3.05) is 25.6 Å². The number of hydrazone groups is 1. The molecule has 2 N–H and O–H groups in total. The van der Waals surface area contributed by atoms with E-state index < -0.39 is 16.5 Å². The molecule has 176 valence electrons. The van der Waals surface area contributed by atoms with Gasteiger partial charge in [-0.3, -0.25) is 9.78 Å². The van der Waals surface area contributed by atoms with Crippen LogP contribution in [0.2, 0.25) is 0 Å². The molecular weight excluding hydrogens is 456 g/mol. The van der Waals surface area contributed by atoms with Crippen LogP contribution < -0.4 is 10.7 Å². The van der Waals surface area contributed by atoms with E-state index in [9.17, 15) is 13.6 Å². The van der Waals surface area contributed by atoms with Gasteiger partial charge < -0.3 is 10.6 Å². The molecule has 0 spiro atoms. The fourth-order valence-electron chi connectivity index (χ4n) is 3.91. The Morgan fingerprint density at radius 3 is 2.62 bits per heavy atom. The zero-order valence-corrected chi connectivity index (χ0v) is 19.7. The highest BCUT2D eigenvalue weighted by Gasteiger charge is 2.47. The predicted octanol–water partition coefficient (Wildman–Crippen LogP) is 4.57. The number of aromatic nitrogens is 1. The van der Waals surface area contributed by atoms with E-state index in [4.69, 9.17) is 10.8 Å². The van der Waals surface area contributed by atoms with Crippen LogP contribution in [0.5, 0.6) is 0 Å². The van der Waals surface area contributed by atoms with Crippen LogP contribution in [0.4, 0.5) is 14.5 Å². The lowest BCUT2D eigenvalue weighted by Crippen LogP contribution is -2.39. The lowest BCUT2D eigenvalue weighted by Gasteiger charge is -2.38. The van der Waals surface area contributed by atoms with E-state index in [1.165, 1.54) is 22.9 Å². The van der Waals surface area contributed by atoms with Crippen molar-refractivity contribution in [3.05, 3.63) is 95.3 Å². The van der Waals surface area contributed by atoms with E-state index in [0.29, 0.717) is 35.7 Å². The third-order valence-electron chi connectivity index (χ3n) is 5.56. The number of nitrogens with zero attached hydrogens (tertiary/aromatic N) is 4. The van der Waals surface area contributed by atoms with E-state index in [1.807, 2.05) is 30.3 Å². The molecule has 0 radical (unpaired) electrons. The van der Waals surface area contributed by atoms with Gasteiger partial charge in [-0.1, -0.05) is 42.1 Å². The first kappa shape index (κ1) is 23.8. The summed E-state index contributed by atoms with van der Waals surface area (Å²) in [4.78, 5) is 17.8. The second-order valence-corrected chi connectivity index (χ2v) is 9.34. The van der Waals surface area contributed by atoms with Crippen LogP contribution in [0.1, 0.15) is 34.3 Å². The lowest BCUT2D eigenvalue weighted by molar-refractivity contribution is 0.0827. The van der Waals surface area contributed by atoms with Crippen molar-refractivity contribution in [1.82, 2.24) is 9.88 Å².